The van der Waals surface area contributed by atoms with Crippen molar-refractivity contribution in [2.24, 2.45) is 0 Å². The minimum Gasteiger partial charge on any atom is -0.481 e. The predicted octanol–water partition coefficient (Wildman–Crippen LogP) is 0.0628. The number of aliphatic hydroxyl groups excluding tert-OH is 1. The Labute approximate surface area is 65.8 Å². The highest BCUT2D eigenvalue weighted by molar-refractivity contribution is 5.66. The van der Waals surface area contributed by atoms with Crippen LogP contribution in [0.2, 0.25) is 0 Å². The van der Waals surface area contributed by atoms with E-state index in [0.29, 0.717) is 13.0 Å². The Morgan fingerprint density at radius 2 is 2.27 bits per heavy atom. The molecule has 0 aromatic heterocycles. The second-order valence-corrected chi connectivity index (χ2v) is 2.17. The average molecular weight is 161 g/mol. The minimum atomic E-state index is -0.835. The number of hydrogen-bond donors (Lipinski definition) is 2. The van der Waals surface area contributed by atoms with Gasteiger partial charge in [-0.3, -0.25) is 4.79 Å². The number of hydrogen-bond acceptors (Lipinski definition) is 3. The van der Waals surface area contributed by atoms with Gasteiger partial charge in [-0.05, 0) is 13.3 Å². The summed E-state index contributed by atoms with van der Waals surface area (Å²) in [6, 6.07) is 0. The molecule has 0 fully saturated rings. The first-order valence-corrected chi connectivity index (χ1v) is 3.44. The van der Waals surface area contributed by atoms with E-state index < -0.39 is 12.1 Å². The molecule has 0 amide bonds. The van der Waals surface area contributed by atoms with Crippen LogP contribution >= 0.6 is 0 Å². The highest BCUT2D eigenvalue weighted by Gasteiger charge is 2.00. The summed E-state index contributed by atoms with van der Waals surface area (Å²) in [5.41, 5.74) is 0. The minimum absolute atomic E-state index is 0.0954. The van der Waals surface area contributed by atoms with Gasteiger partial charge in [0.25, 0.3) is 0 Å². The van der Waals surface area contributed by atoms with Gasteiger partial charge in [0.05, 0.1) is 12.7 Å². The topological polar surface area (TPSA) is 66.8 Å². The number of carboxylic acid groups (broad SMARTS) is 1. The molecule has 0 aromatic carbocycles. The highest BCUT2D eigenvalue weighted by Crippen LogP contribution is 1.93. The van der Waals surface area contributed by atoms with Gasteiger partial charge in [-0.1, -0.05) is 0 Å². The smallest absolute Gasteiger partial charge is 0.303 e. The van der Waals surface area contributed by atoms with E-state index in [1.54, 1.807) is 0 Å². The van der Waals surface area contributed by atoms with Gasteiger partial charge in [0, 0.05) is 13.0 Å². The fourth-order valence-electron chi connectivity index (χ4n) is 0.526. The molecule has 0 aromatic rings. The van der Waals surface area contributed by atoms with E-state index in [4.69, 9.17) is 14.9 Å². The lowest BCUT2D eigenvalue weighted by Crippen LogP contribution is -2.14. The third-order valence-electron chi connectivity index (χ3n) is 1.09. The van der Waals surface area contributed by atoms with E-state index in [0.717, 1.165) is 0 Å². The van der Waals surface area contributed by atoms with Gasteiger partial charge in [-0.2, -0.15) is 0 Å². The molecule has 1 unspecified atom stereocenters. The average Bonchev–Trinajstić information content (AvgIpc) is 1.97. The van der Waals surface area contributed by atoms with E-state index >= 15 is 0 Å². The van der Waals surface area contributed by atoms with Crippen LogP contribution in [0.4, 0.5) is 0 Å². The number of ether oxygens (including phenoxy) is 1. The molecule has 0 saturated carbocycles. The van der Waals surface area contributed by atoms with Crippen molar-refractivity contribution in [3.05, 3.63) is 6.92 Å². The predicted molar refractivity (Wildman–Crippen MR) is 39.1 cm³/mol. The monoisotopic (exact) mass is 161 g/mol. The third-order valence-corrected chi connectivity index (χ3v) is 1.09. The van der Waals surface area contributed by atoms with Crippen molar-refractivity contribution in [2.75, 3.05) is 13.2 Å². The molecule has 0 aliphatic rings. The van der Waals surface area contributed by atoms with Crippen molar-refractivity contribution in [1.29, 1.82) is 0 Å². The molecular weight excluding hydrogens is 148 g/mol. The van der Waals surface area contributed by atoms with Crippen LogP contribution in [0.25, 0.3) is 0 Å². The molecule has 0 spiro atoms. The SMILES string of the molecule is [CH2]C(CO)OCCCC(=O)O. The summed E-state index contributed by atoms with van der Waals surface area (Å²) < 4.78 is 4.92. The largest absolute Gasteiger partial charge is 0.481 e. The normalized spacial score (nSPS) is 12.9. The molecule has 4 nitrogen and oxygen atoms in total. The van der Waals surface area contributed by atoms with Crippen molar-refractivity contribution in [3.8, 4) is 0 Å². The maximum atomic E-state index is 9.99. The summed E-state index contributed by atoms with van der Waals surface area (Å²) in [6.45, 7) is 3.66. The molecule has 1 atom stereocenters. The zero-order chi connectivity index (χ0) is 8.69. The van der Waals surface area contributed by atoms with Crippen LogP contribution in [-0.4, -0.2) is 35.5 Å². The van der Waals surface area contributed by atoms with Gasteiger partial charge in [-0.25, -0.2) is 0 Å². The molecule has 65 valence electrons. The van der Waals surface area contributed by atoms with Crippen LogP contribution in [0.5, 0.6) is 0 Å². The number of aliphatic hydroxyl groups is 1. The standard InChI is InChI=1S/C7H13O4/c1-6(5-8)11-4-2-3-7(9)10/h6,8H,1-5H2,(H,9,10). The maximum absolute atomic E-state index is 9.99. The molecule has 0 heterocycles. The van der Waals surface area contributed by atoms with E-state index in [-0.39, 0.29) is 13.0 Å². The first kappa shape index (κ1) is 10.4. The molecule has 0 aliphatic heterocycles. The summed E-state index contributed by atoms with van der Waals surface area (Å²) in [6.07, 6.45) is 0.114. The summed E-state index contributed by atoms with van der Waals surface area (Å²) in [5, 5.41) is 16.7. The first-order valence-electron chi connectivity index (χ1n) is 3.44. The molecule has 11 heavy (non-hydrogen) atoms. The number of aliphatic carboxylic acids is 1. The van der Waals surface area contributed by atoms with Crippen LogP contribution in [0, 0.1) is 6.92 Å². The summed E-state index contributed by atoms with van der Waals surface area (Å²) >= 11 is 0. The maximum Gasteiger partial charge on any atom is 0.303 e. The van der Waals surface area contributed by atoms with E-state index in [1.165, 1.54) is 0 Å². The van der Waals surface area contributed by atoms with Crippen LogP contribution in [0.3, 0.4) is 0 Å². The Hall–Kier alpha value is -0.610. The van der Waals surface area contributed by atoms with Crippen LogP contribution in [-0.2, 0) is 9.53 Å². The van der Waals surface area contributed by atoms with Gasteiger partial charge >= 0.3 is 5.97 Å². The Morgan fingerprint density at radius 3 is 2.73 bits per heavy atom. The van der Waals surface area contributed by atoms with Gasteiger partial charge in [0.1, 0.15) is 0 Å². The molecule has 1 radical (unpaired) electrons. The van der Waals surface area contributed by atoms with Crippen LogP contribution < -0.4 is 0 Å². The first-order chi connectivity index (χ1) is 5.16. The van der Waals surface area contributed by atoms with Crippen molar-refractivity contribution in [3.63, 3.8) is 0 Å². The lowest BCUT2D eigenvalue weighted by molar-refractivity contribution is -0.137. The molecular formula is C7H13O4. The molecule has 0 bridgehead atoms. The fourth-order valence-corrected chi connectivity index (χ4v) is 0.526. The van der Waals surface area contributed by atoms with Crippen molar-refractivity contribution in [1.82, 2.24) is 0 Å². The Balaban J connectivity index is 3.08. The lowest BCUT2D eigenvalue weighted by atomic mass is 10.3. The van der Waals surface area contributed by atoms with Gasteiger partial charge in [0.2, 0.25) is 0 Å². The quantitative estimate of drug-likeness (QED) is 0.541. The highest BCUT2D eigenvalue weighted by atomic mass is 16.5. The Kier molecular flexibility index (Phi) is 5.78. The molecule has 0 rings (SSSR count). The van der Waals surface area contributed by atoms with Crippen LogP contribution in [0.1, 0.15) is 12.8 Å². The van der Waals surface area contributed by atoms with Crippen LogP contribution in [0.15, 0.2) is 0 Å². The second-order valence-electron chi connectivity index (χ2n) is 2.17. The van der Waals surface area contributed by atoms with Gasteiger partial charge < -0.3 is 14.9 Å². The lowest BCUT2D eigenvalue weighted by Gasteiger charge is -2.07. The van der Waals surface area contributed by atoms with Crippen molar-refractivity contribution >= 4 is 5.97 Å². The Bertz CT molecular complexity index is 113. The summed E-state index contributed by atoms with van der Waals surface area (Å²) in [7, 11) is 0. The molecule has 2 N–H and O–H groups in total. The van der Waals surface area contributed by atoms with Crippen molar-refractivity contribution < 1.29 is 19.7 Å². The molecule has 0 saturated heterocycles. The number of carbonyl (C=O) groups is 1. The van der Waals surface area contributed by atoms with Gasteiger partial charge in [0.15, 0.2) is 0 Å². The summed E-state index contributed by atoms with van der Waals surface area (Å²) in [4.78, 5) is 9.99. The summed E-state index contributed by atoms with van der Waals surface area (Å²) in [5.74, 6) is -0.835. The van der Waals surface area contributed by atoms with E-state index in [1.807, 2.05) is 0 Å². The zero-order valence-corrected chi connectivity index (χ0v) is 6.32. The Morgan fingerprint density at radius 1 is 1.64 bits per heavy atom. The number of carboxylic acids is 1. The molecule has 4 heteroatoms. The molecule has 0 aliphatic carbocycles. The van der Waals surface area contributed by atoms with E-state index in [2.05, 4.69) is 6.92 Å². The van der Waals surface area contributed by atoms with E-state index in [9.17, 15) is 4.79 Å². The zero-order valence-electron chi connectivity index (χ0n) is 6.32. The fraction of sp³-hybridized carbons (Fsp3) is 0.714. The van der Waals surface area contributed by atoms with Gasteiger partial charge in [-0.15, -0.1) is 0 Å². The third kappa shape index (κ3) is 7.29. The number of rotatable bonds is 6. The van der Waals surface area contributed by atoms with Crippen molar-refractivity contribution in [2.45, 2.75) is 18.9 Å². The second kappa shape index (κ2) is 6.12.